The Hall–Kier alpha value is -2.96. The molecule has 1 fully saturated rings. The van der Waals surface area contributed by atoms with Crippen LogP contribution in [0.5, 0.6) is 5.75 Å². The van der Waals surface area contributed by atoms with Gasteiger partial charge < -0.3 is 15.0 Å². The number of carbonyl (C=O) groups is 2. The predicted octanol–water partition coefficient (Wildman–Crippen LogP) is 3.19. The molecule has 2 amide bonds. The normalized spacial score (nSPS) is 16.1. The number of likely N-dealkylation sites (tertiary alicyclic amines) is 1. The molecule has 0 saturated carbocycles. The largest absolute Gasteiger partial charge is 0.496 e. The van der Waals surface area contributed by atoms with Gasteiger partial charge in [-0.2, -0.15) is 0 Å². The second kappa shape index (κ2) is 10.4. The number of hydrogen-bond acceptors (Lipinski definition) is 5. The molecule has 7 nitrogen and oxygen atoms in total. The number of hydrogen-bond donors (Lipinski definition) is 1. The molecule has 0 unspecified atom stereocenters. The van der Waals surface area contributed by atoms with Gasteiger partial charge in [-0.15, -0.1) is 0 Å². The van der Waals surface area contributed by atoms with E-state index < -0.39 is 0 Å². The summed E-state index contributed by atoms with van der Waals surface area (Å²) in [5, 5.41) is 2.91. The number of para-hydroxylation sites is 1. The number of piperidine rings is 1. The third-order valence-corrected chi connectivity index (χ3v) is 5.76. The molecule has 1 aliphatic heterocycles. The molecule has 166 valence electrons. The molecular formula is C24H32N4O3. The molecule has 1 N–H and O–H groups in total. The van der Waals surface area contributed by atoms with Crippen LogP contribution in [0, 0.1) is 13.8 Å². The highest BCUT2D eigenvalue weighted by Gasteiger charge is 2.29. The second-order valence-electron chi connectivity index (χ2n) is 8.05. The number of rotatable bonds is 7. The summed E-state index contributed by atoms with van der Waals surface area (Å²) in [6.07, 6.45) is 3.03. The van der Waals surface area contributed by atoms with Gasteiger partial charge in [0.25, 0.3) is 5.91 Å². The fourth-order valence-corrected chi connectivity index (χ4v) is 4.06. The number of nitrogens with zero attached hydrogens (tertiary/aromatic N) is 3. The van der Waals surface area contributed by atoms with E-state index >= 15 is 0 Å². The second-order valence-corrected chi connectivity index (χ2v) is 8.05. The molecule has 1 aromatic heterocycles. The Morgan fingerprint density at radius 3 is 2.58 bits per heavy atom. The van der Waals surface area contributed by atoms with Crippen LogP contribution in [0.3, 0.4) is 0 Å². The van der Waals surface area contributed by atoms with Gasteiger partial charge in [0, 0.05) is 42.5 Å². The highest BCUT2D eigenvalue weighted by atomic mass is 16.5. The van der Waals surface area contributed by atoms with Crippen molar-refractivity contribution in [2.24, 2.45) is 0 Å². The molecule has 0 bridgehead atoms. The van der Waals surface area contributed by atoms with E-state index in [-0.39, 0.29) is 17.7 Å². The average Bonchev–Trinajstić information content (AvgIpc) is 2.79. The van der Waals surface area contributed by atoms with Crippen LogP contribution < -0.4 is 10.1 Å². The Morgan fingerprint density at radius 2 is 1.90 bits per heavy atom. The standard InChI is InChI=1S/C24H32N4O3/c1-5-12-25-22(29)14-20-16(2)26-23(27-17(20)3)18-9-8-13-28(15-18)24(30)19-10-6-7-11-21(19)31-4/h6-7,10-11,18H,5,8-9,12-15H2,1-4H3,(H,25,29)/t18-/m1/s1. The molecule has 0 radical (unpaired) electrons. The maximum Gasteiger partial charge on any atom is 0.257 e. The minimum atomic E-state index is -0.0280. The van der Waals surface area contributed by atoms with Crippen LogP contribution in [0.25, 0.3) is 0 Å². The number of nitrogens with one attached hydrogen (secondary N) is 1. The number of amides is 2. The van der Waals surface area contributed by atoms with Gasteiger partial charge >= 0.3 is 0 Å². The first-order valence-electron chi connectivity index (χ1n) is 11.0. The topological polar surface area (TPSA) is 84.4 Å². The number of carbonyl (C=O) groups excluding carboxylic acids is 2. The van der Waals surface area contributed by atoms with Crippen LogP contribution in [-0.2, 0) is 11.2 Å². The fourth-order valence-electron chi connectivity index (χ4n) is 4.06. The molecule has 0 spiro atoms. The monoisotopic (exact) mass is 424 g/mol. The van der Waals surface area contributed by atoms with Crippen molar-refractivity contribution in [1.29, 1.82) is 0 Å². The molecule has 2 heterocycles. The van der Waals surface area contributed by atoms with Crippen LogP contribution in [0.15, 0.2) is 24.3 Å². The van der Waals surface area contributed by atoms with Gasteiger partial charge in [-0.1, -0.05) is 19.1 Å². The lowest BCUT2D eigenvalue weighted by Gasteiger charge is -2.32. The van der Waals surface area contributed by atoms with Crippen LogP contribution in [0.2, 0.25) is 0 Å². The SMILES string of the molecule is CCCNC(=O)Cc1c(C)nc([C@@H]2CCCN(C(=O)c3ccccc3OC)C2)nc1C. The lowest BCUT2D eigenvalue weighted by atomic mass is 9.95. The number of aromatic nitrogens is 2. The van der Waals surface area contributed by atoms with Gasteiger partial charge in [0.1, 0.15) is 11.6 Å². The third kappa shape index (κ3) is 5.40. The molecule has 1 atom stereocenters. The van der Waals surface area contributed by atoms with E-state index in [0.717, 1.165) is 42.0 Å². The highest BCUT2D eigenvalue weighted by Crippen LogP contribution is 2.28. The summed E-state index contributed by atoms with van der Waals surface area (Å²) in [5.74, 6) is 1.39. The molecule has 0 aliphatic carbocycles. The number of benzene rings is 1. The number of methoxy groups -OCH3 is 1. The maximum atomic E-state index is 13.1. The van der Waals surface area contributed by atoms with Crippen LogP contribution in [0.4, 0.5) is 0 Å². The summed E-state index contributed by atoms with van der Waals surface area (Å²) in [5.41, 5.74) is 3.13. The molecule has 1 saturated heterocycles. The van der Waals surface area contributed by atoms with Gasteiger partial charge in [0.05, 0.1) is 19.1 Å². The van der Waals surface area contributed by atoms with Crippen molar-refractivity contribution in [1.82, 2.24) is 20.2 Å². The van der Waals surface area contributed by atoms with Crippen LogP contribution >= 0.6 is 0 Å². The summed E-state index contributed by atoms with van der Waals surface area (Å²) in [7, 11) is 1.58. The predicted molar refractivity (Wildman–Crippen MR) is 119 cm³/mol. The van der Waals surface area contributed by atoms with E-state index in [1.54, 1.807) is 19.2 Å². The van der Waals surface area contributed by atoms with Gasteiger partial charge in [0.15, 0.2) is 0 Å². The van der Waals surface area contributed by atoms with E-state index in [9.17, 15) is 9.59 Å². The molecule has 31 heavy (non-hydrogen) atoms. The summed E-state index contributed by atoms with van der Waals surface area (Å²) < 4.78 is 5.36. The van der Waals surface area contributed by atoms with Crippen molar-refractivity contribution in [3.63, 3.8) is 0 Å². The lowest BCUT2D eigenvalue weighted by molar-refractivity contribution is -0.120. The van der Waals surface area contributed by atoms with Crippen LogP contribution in [-0.4, -0.2) is 53.4 Å². The number of ether oxygens (including phenoxy) is 1. The van der Waals surface area contributed by atoms with Gasteiger partial charge in [0.2, 0.25) is 5.91 Å². The Labute approximate surface area is 184 Å². The fraction of sp³-hybridized carbons (Fsp3) is 0.500. The average molecular weight is 425 g/mol. The van der Waals surface area contributed by atoms with Crippen molar-refractivity contribution >= 4 is 11.8 Å². The number of aryl methyl sites for hydroxylation is 2. The molecule has 7 heteroatoms. The Bertz CT molecular complexity index is 921. The first-order valence-corrected chi connectivity index (χ1v) is 11.0. The zero-order valence-electron chi connectivity index (χ0n) is 18.9. The van der Waals surface area contributed by atoms with Crippen molar-refractivity contribution < 1.29 is 14.3 Å². The molecule has 1 aromatic carbocycles. The molecule has 2 aromatic rings. The van der Waals surface area contributed by atoms with E-state index in [2.05, 4.69) is 5.32 Å². The quantitative estimate of drug-likeness (QED) is 0.738. The van der Waals surface area contributed by atoms with Crippen molar-refractivity contribution in [3.05, 3.63) is 52.6 Å². The minimum Gasteiger partial charge on any atom is -0.496 e. The van der Waals surface area contributed by atoms with Crippen molar-refractivity contribution in [3.8, 4) is 5.75 Å². The van der Waals surface area contributed by atoms with Crippen LogP contribution in [0.1, 0.15) is 65.2 Å². The zero-order valence-corrected chi connectivity index (χ0v) is 18.9. The zero-order chi connectivity index (χ0) is 22.4. The van der Waals surface area contributed by atoms with E-state index in [1.165, 1.54) is 0 Å². The molecule has 3 rings (SSSR count). The van der Waals surface area contributed by atoms with Gasteiger partial charge in [-0.05, 0) is 45.2 Å². The van der Waals surface area contributed by atoms with Crippen molar-refractivity contribution in [2.45, 2.75) is 52.4 Å². The first-order chi connectivity index (χ1) is 14.9. The summed E-state index contributed by atoms with van der Waals surface area (Å²) >= 11 is 0. The smallest absolute Gasteiger partial charge is 0.257 e. The van der Waals surface area contributed by atoms with Crippen molar-refractivity contribution in [2.75, 3.05) is 26.7 Å². The lowest BCUT2D eigenvalue weighted by Crippen LogP contribution is -2.39. The molecule has 1 aliphatic rings. The summed E-state index contributed by atoms with van der Waals surface area (Å²) in [6.45, 7) is 7.85. The highest BCUT2D eigenvalue weighted by molar-refractivity contribution is 5.97. The third-order valence-electron chi connectivity index (χ3n) is 5.76. The van der Waals surface area contributed by atoms with E-state index in [0.29, 0.717) is 37.4 Å². The Morgan fingerprint density at radius 1 is 1.19 bits per heavy atom. The van der Waals surface area contributed by atoms with E-state index in [1.807, 2.05) is 37.8 Å². The van der Waals surface area contributed by atoms with Gasteiger partial charge in [-0.25, -0.2) is 9.97 Å². The Balaban J connectivity index is 1.75. The van der Waals surface area contributed by atoms with E-state index in [4.69, 9.17) is 14.7 Å². The van der Waals surface area contributed by atoms with Gasteiger partial charge in [-0.3, -0.25) is 9.59 Å². The maximum absolute atomic E-state index is 13.1. The Kier molecular flexibility index (Phi) is 7.60. The minimum absolute atomic E-state index is 0.00403. The summed E-state index contributed by atoms with van der Waals surface area (Å²) in [4.78, 5) is 36.6. The summed E-state index contributed by atoms with van der Waals surface area (Å²) in [6, 6.07) is 7.31. The molecular weight excluding hydrogens is 392 g/mol. The first kappa shape index (κ1) is 22.7.